The zero-order valence-electron chi connectivity index (χ0n) is 11.0. The van der Waals surface area contributed by atoms with E-state index < -0.39 is 29.6 Å². The summed E-state index contributed by atoms with van der Waals surface area (Å²) >= 11 is 11.6. The number of hydrogen-bond donors (Lipinski definition) is 2. The average Bonchev–Trinajstić information content (AvgIpc) is 2.85. The predicted octanol–water partition coefficient (Wildman–Crippen LogP) is 2.16. The first-order chi connectivity index (χ1) is 10.3. The van der Waals surface area contributed by atoms with Gasteiger partial charge in [-0.1, -0.05) is 33.5 Å². The van der Waals surface area contributed by atoms with Crippen LogP contribution in [0.2, 0.25) is 10.0 Å². The first kappa shape index (κ1) is 16.2. The van der Waals surface area contributed by atoms with E-state index in [9.17, 15) is 19.8 Å². The van der Waals surface area contributed by atoms with Crippen molar-refractivity contribution >= 4 is 35.0 Å². The lowest BCUT2D eigenvalue weighted by molar-refractivity contribution is -0.130. The molecule has 1 unspecified atom stereocenters. The monoisotopic (exact) mass is 345 g/mol. The van der Waals surface area contributed by atoms with E-state index in [-0.39, 0.29) is 10.8 Å². The SMILES string of the molecule is CC(=O)C(O)n1nnc(Oc2ccc(Cl)c(Cl)c2)c1C(=O)O. The van der Waals surface area contributed by atoms with Gasteiger partial charge in [0.2, 0.25) is 11.9 Å². The Morgan fingerprint density at radius 3 is 2.55 bits per heavy atom. The number of benzene rings is 1. The third kappa shape index (κ3) is 3.19. The van der Waals surface area contributed by atoms with Crippen molar-refractivity contribution in [1.82, 2.24) is 15.0 Å². The molecule has 1 aromatic heterocycles. The molecule has 1 aromatic carbocycles. The van der Waals surface area contributed by atoms with Crippen molar-refractivity contribution < 1.29 is 24.5 Å². The molecule has 1 heterocycles. The number of aromatic nitrogens is 3. The Balaban J connectivity index is 2.41. The first-order valence-electron chi connectivity index (χ1n) is 5.81. The van der Waals surface area contributed by atoms with Crippen molar-refractivity contribution in [3.63, 3.8) is 0 Å². The van der Waals surface area contributed by atoms with E-state index in [1.165, 1.54) is 18.2 Å². The summed E-state index contributed by atoms with van der Waals surface area (Å²) in [4.78, 5) is 22.5. The van der Waals surface area contributed by atoms with E-state index in [1.807, 2.05) is 0 Å². The normalized spacial score (nSPS) is 12.0. The molecule has 0 aliphatic heterocycles. The Hall–Kier alpha value is -2.16. The van der Waals surface area contributed by atoms with Crippen LogP contribution in [0.1, 0.15) is 23.6 Å². The highest BCUT2D eigenvalue weighted by Crippen LogP contribution is 2.30. The standard InChI is InChI=1S/C12H9Cl2N3O5/c1-5(18)11(19)17-9(12(20)21)10(15-16-17)22-6-2-3-7(13)8(14)4-6/h2-4,11,19H,1H3,(H,20,21). The van der Waals surface area contributed by atoms with Gasteiger partial charge in [0.1, 0.15) is 5.75 Å². The van der Waals surface area contributed by atoms with Gasteiger partial charge in [0, 0.05) is 6.07 Å². The maximum absolute atomic E-state index is 11.3. The lowest BCUT2D eigenvalue weighted by atomic mass is 10.3. The second-order valence-corrected chi connectivity index (χ2v) is 4.97. The maximum Gasteiger partial charge on any atom is 0.360 e. The van der Waals surface area contributed by atoms with E-state index in [0.29, 0.717) is 9.70 Å². The fourth-order valence-electron chi connectivity index (χ4n) is 1.53. The van der Waals surface area contributed by atoms with Crippen molar-refractivity contribution in [3.8, 4) is 11.6 Å². The number of ether oxygens (including phenoxy) is 1. The molecule has 0 spiro atoms. The number of aromatic carboxylic acids is 1. The molecule has 0 fully saturated rings. The Morgan fingerprint density at radius 1 is 1.32 bits per heavy atom. The van der Waals surface area contributed by atoms with Crippen LogP contribution < -0.4 is 4.74 Å². The molecule has 2 N–H and O–H groups in total. The van der Waals surface area contributed by atoms with E-state index in [4.69, 9.17) is 27.9 Å². The summed E-state index contributed by atoms with van der Waals surface area (Å²) in [7, 11) is 0. The van der Waals surface area contributed by atoms with Gasteiger partial charge in [-0.05, 0) is 19.1 Å². The predicted molar refractivity (Wildman–Crippen MR) is 75.5 cm³/mol. The molecule has 1 atom stereocenters. The summed E-state index contributed by atoms with van der Waals surface area (Å²) < 4.78 is 5.83. The Kier molecular flexibility index (Phi) is 4.65. The number of carboxylic acid groups (broad SMARTS) is 1. The van der Waals surface area contributed by atoms with Crippen LogP contribution in [-0.4, -0.2) is 37.0 Å². The highest BCUT2D eigenvalue weighted by atomic mass is 35.5. The maximum atomic E-state index is 11.3. The highest BCUT2D eigenvalue weighted by molar-refractivity contribution is 6.42. The van der Waals surface area contributed by atoms with Gasteiger partial charge >= 0.3 is 5.97 Å². The van der Waals surface area contributed by atoms with Gasteiger partial charge in [-0.2, -0.15) is 4.68 Å². The van der Waals surface area contributed by atoms with Crippen molar-refractivity contribution in [2.24, 2.45) is 0 Å². The van der Waals surface area contributed by atoms with E-state index in [0.717, 1.165) is 6.92 Å². The fraction of sp³-hybridized carbons (Fsp3) is 0.167. The van der Waals surface area contributed by atoms with Crippen LogP contribution in [0.15, 0.2) is 18.2 Å². The highest BCUT2D eigenvalue weighted by Gasteiger charge is 2.27. The molecule has 0 aliphatic carbocycles. The van der Waals surface area contributed by atoms with Crippen molar-refractivity contribution in [3.05, 3.63) is 33.9 Å². The van der Waals surface area contributed by atoms with Gasteiger partial charge in [0.25, 0.3) is 5.88 Å². The Morgan fingerprint density at radius 2 is 2.00 bits per heavy atom. The van der Waals surface area contributed by atoms with Crippen LogP contribution in [0.4, 0.5) is 0 Å². The fourth-order valence-corrected chi connectivity index (χ4v) is 1.82. The van der Waals surface area contributed by atoms with E-state index in [1.54, 1.807) is 0 Å². The molecular weight excluding hydrogens is 337 g/mol. The summed E-state index contributed by atoms with van der Waals surface area (Å²) in [6.45, 7) is 1.08. The number of rotatable bonds is 5. The third-order valence-electron chi connectivity index (χ3n) is 2.57. The minimum Gasteiger partial charge on any atom is -0.476 e. The van der Waals surface area contributed by atoms with Crippen LogP contribution in [0.5, 0.6) is 11.6 Å². The molecule has 116 valence electrons. The number of carbonyl (C=O) groups excluding carboxylic acids is 1. The number of Topliss-reactive ketones (excluding diaryl/α,β-unsaturated/α-hetero) is 1. The van der Waals surface area contributed by atoms with Crippen LogP contribution in [0, 0.1) is 0 Å². The topological polar surface area (TPSA) is 115 Å². The third-order valence-corrected chi connectivity index (χ3v) is 3.31. The van der Waals surface area contributed by atoms with Crippen LogP contribution in [0.25, 0.3) is 0 Å². The van der Waals surface area contributed by atoms with Gasteiger partial charge in [-0.15, -0.1) is 0 Å². The smallest absolute Gasteiger partial charge is 0.360 e. The molecule has 0 saturated carbocycles. The van der Waals surface area contributed by atoms with Crippen molar-refractivity contribution in [1.29, 1.82) is 0 Å². The molecular formula is C12H9Cl2N3O5. The van der Waals surface area contributed by atoms with Gasteiger partial charge in [-0.3, -0.25) is 4.79 Å². The number of carboxylic acids is 1. The summed E-state index contributed by atoms with van der Waals surface area (Å²) in [6, 6.07) is 4.25. The first-order valence-corrected chi connectivity index (χ1v) is 6.56. The lowest BCUT2D eigenvalue weighted by Gasteiger charge is -2.09. The number of hydrogen-bond acceptors (Lipinski definition) is 6. The van der Waals surface area contributed by atoms with E-state index in [2.05, 4.69) is 10.3 Å². The number of aliphatic hydroxyl groups excluding tert-OH is 1. The Labute approximate surface area is 133 Å². The number of aliphatic hydroxyl groups is 1. The number of nitrogens with zero attached hydrogens (tertiary/aromatic N) is 3. The molecule has 0 bridgehead atoms. The molecule has 0 saturated heterocycles. The summed E-state index contributed by atoms with van der Waals surface area (Å²) in [5, 5.41) is 26.3. The van der Waals surface area contributed by atoms with Crippen molar-refractivity contribution in [2.75, 3.05) is 0 Å². The van der Waals surface area contributed by atoms with Gasteiger partial charge < -0.3 is 14.9 Å². The lowest BCUT2D eigenvalue weighted by Crippen LogP contribution is -2.22. The van der Waals surface area contributed by atoms with Crippen LogP contribution in [0.3, 0.4) is 0 Å². The minimum absolute atomic E-state index is 0.168. The van der Waals surface area contributed by atoms with Crippen molar-refractivity contribution in [2.45, 2.75) is 13.2 Å². The van der Waals surface area contributed by atoms with Gasteiger partial charge in [0.05, 0.1) is 10.0 Å². The second kappa shape index (κ2) is 6.30. The van der Waals surface area contributed by atoms with Gasteiger partial charge in [-0.25, -0.2) is 4.79 Å². The number of carbonyl (C=O) groups is 2. The quantitative estimate of drug-likeness (QED) is 0.852. The summed E-state index contributed by atoms with van der Waals surface area (Å²) in [5.74, 6) is -2.40. The largest absolute Gasteiger partial charge is 0.476 e. The number of ketones is 1. The van der Waals surface area contributed by atoms with Crippen LogP contribution in [-0.2, 0) is 4.79 Å². The summed E-state index contributed by atoms with van der Waals surface area (Å²) in [6.07, 6.45) is -1.77. The molecule has 0 aliphatic rings. The molecule has 0 amide bonds. The van der Waals surface area contributed by atoms with Crippen LogP contribution >= 0.6 is 23.2 Å². The zero-order valence-corrected chi connectivity index (χ0v) is 12.5. The minimum atomic E-state index is -1.77. The molecule has 8 nitrogen and oxygen atoms in total. The molecule has 2 aromatic rings. The van der Waals surface area contributed by atoms with E-state index >= 15 is 0 Å². The summed E-state index contributed by atoms with van der Waals surface area (Å²) in [5.41, 5.74) is -0.575. The second-order valence-electron chi connectivity index (χ2n) is 4.16. The zero-order chi connectivity index (χ0) is 16.4. The van der Waals surface area contributed by atoms with Gasteiger partial charge in [0.15, 0.2) is 5.78 Å². The average molecular weight is 346 g/mol. The molecule has 0 radical (unpaired) electrons. The molecule has 2 rings (SSSR count). The Bertz CT molecular complexity index is 746. The number of halogens is 2. The molecule has 10 heteroatoms. The molecule has 22 heavy (non-hydrogen) atoms.